The summed E-state index contributed by atoms with van der Waals surface area (Å²) in [6, 6.07) is 0. The smallest absolute Gasteiger partial charge is 0.0701 e. The van der Waals surface area contributed by atoms with E-state index < -0.39 is 0 Å². The molecular weight excluding hydrogens is 184 g/mol. The van der Waals surface area contributed by atoms with Crippen molar-refractivity contribution in [3.63, 3.8) is 0 Å². The first kappa shape index (κ1) is 13.8. The minimum absolute atomic E-state index is 0.0642. The van der Waals surface area contributed by atoms with Crippen LogP contribution in [0, 0.1) is 5.92 Å². The van der Waals surface area contributed by atoms with Crippen LogP contribution in [0.15, 0.2) is 0 Å². The Labute approximate surface area is 86.2 Å². The molecule has 0 fully saturated rings. The van der Waals surface area contributed by atoms with Gasteiger partial charge in [-0.05, 0) is 5.92 Å². The lowest BCUT2D eigenvalue weighted by Gasteiger charge is -2.07. The van der Waals surface area contributed by atoms with Crippen molar-refractivity contribution in [2.75, 3.05) is 46.2 Å². The molecule has 0 aliphatic carbocycles. The second kappa shape index (κ2) is 10.9. The van der Waals surface area contributed by atoms with Crippen LogP contribution in [0.25, 0.3) is 0 Å². The van der Waals surface area contributed by atoms with Crippen LogP contribution in [-0.4, -0.2) is 51.4 Å². The highest BCUT2D eigenvalue weighted by Crippen LogP contribution is 1.94. The average Bonchev–Trinajstić information content (AvgIpc) is 2.15. The fourth-order valence-corrected chi connectivity index (χ4v) is 0.781. The van der Waals surface area contributed by atoms with E-state index in [0.29, 0.717) is 39.6 Å². The van der Waals surface area contributed by atoms with E-state index in [2.05, 4.69) is 0 Å². The van der Waals surface area contributed by atoms with Gasteiger partial charge in [-0.25, -0.2) is 0 Å². The van der Waals surface area contributed by atoms with Crippen molar-refractivity contribution in [2.24, 2.45) is 0 Å². The molecule has 0 bridgehead atoms. The van der Waals surface area contributed by atoms with Crippen LogP contribution >= 0.6 is 0 Å². The highest BCUT2D eigenvalue weighted by molar-refractivity contribution is 4.74. The van der Waals surface area contributed by atoms with Gasteiger partial charge in [0.15, 0.2) is 0 Å². The largest absolute Gasteiger partial charge is 0.394 e. The zero-order chi connectivity index (χ0) is 10.6. The maximum Gasteiger partial charge on any atom is 0.0701 e. The van der Waals surface area contributed by atoms with Crippen LogP contribution in [-0.2, 0) is 14.2 Å². The summed E-state index contributed by atoms with van der Waals surface area (Å²) in [6.07, 6.45) is 0. The van der Waals surface area contributed by atoms with Gasteiger partial charge < -0.3 is 19.3 Å². The van der Waals surface area contributed by atoms with Gasteiger partial charge in [0.1, 0.15) is 0 Å². The van der Waals surface area contributed by atoms with E-state index in [-0.39, 0.29) is 6.61 Å². The molecule has 4 nitrogen and oxygen atoms in total. The van der Waals surface area contributed by atoms with Crippen LogP contribution in [0.4, 0.5) is 0 Å². The molecule has 85 valence electrons. The number of aliphatic hydroxyl groups excluding tert-OH is 1. The Morgan fingerprint density at radius 2 is 1.36 bits per heavy atom. The molecule has 0 saturated carbocycles. The Kier molecular flexibility index (Phi) is 10.8. The lowest BCUT2D eigenvalue weighted by Crippen LogP contribution is -2.11. The summed E-state index contributed by atoms with van der Waals surface area (Å²) in [4.78, 5) is 0. The third-order valence-corrected chi connectivity index (χ3v) is 1.37. The Bertz CT molecular complexity index is 106. The number of hydrogen-bond acceptors (Lipinski definition) is 4. The van der Waals surface area contributed by atoms with Gasteiger partial charge in [-0.2, -0.15) is 0 Å². The first-order valence-electron chi connectivity index (χ1n) is 4.90. The van der Waals surface area contributed by atoms with Gasteiger partial charge in [0.2, 0.25) is 0 Å². The van der Waals surface area contributed by atoms with Gasteiger partial charge in [-0.3, -0.25) is 0 Å². The molecular formula is C10H21O4. The third kappa shape index (κ3) is 11.8. The molecule has 0 rings (SSSR count). The average molecular weight is 205 g/mol. The first-order valence-corrected chi connectivity index (χ1v) is 4.90. The molecule has 0 spiro atoms. The molecule has 0 unspecified atom stereocenters. The van der Waals surface area contributed by atoms with E-state index in [1.807, 2.05) is 13.8 Å². The zero-order valence-corrected chi connectivity index (χ0v) is 9.12. The van der Waals surface area contributed by atoms with Gasteiger partial charge in [0.25, 0.3) is 0 Å². The summed E-state index contributed by atoms with van der Waals surface area (Å²) in [7, 11) is 0. The van der Waals surface area contributed by atoms with E-state index >= 15 is 0 Å². The fraction of sp³-hybridized carbons (Fsp3) is 0.900. The topological polar surface area (TPSA) is 47.9 Å². The first-order chi connectivity index (χ1) is 6.77. The minimum atomic E-state index is 0.0642. The Hall–Kier alpha value is -0.160. The summed E-state index contributed by atoms with van der Waals surface area (Å²) < 4.78 is 15.5. The second-order valence-electron chi connectivity index (χ2n) is 3.21. The van der Waals surface area contributed by atoms with Gasteiger partial charge in [0.05, 0.1) is 46.2 Å². The quantitative estimate of drug-likeness (QED) is 0.532. The minimum Gasteiger partial charge on any atom is -0.394 e. The molecule has 0 aromatic carbocycles. The molecule has 0 aromatic rings. The molecule has 0 aliphatic rings. The van der Waals surface area contributed by atoms with E-state index in [4.69, 9.17) is 19.3 Å². The van der Waals surface area contributed by atoms with Crippen LogP contribution in [0.2, 0.25) is 0 Å². The van der Waals surface area contributed by atoms with Gasteiger partial charge in [-0.1, -0.05) is 13.8 Å². The van der Waals surface area contributed by atoms with E-state index in [1.165, 1.54) is 5.92 Å². The highest BCUT2D eigenvalue weighted by Gasteiger charge is 1.94. The van der Waals surface area contributed by atoms with Gasteiger partial charge >= 0.3 is 0 Å². The predicted molar refractivity (Wildman–Crippen MR) is 54.1 cm³/mol. The molecule has 1 N–H and O–H groups in total. The summed E-state index contributed by atoms with van der Waals surface area (Å²) in [5.74, 6) is 1.26. The summed E-state index contributed by atoms with van der Waals surface area (Å²) in [6.45, 7) is 7.49. The molecule has 0 aliphatic heterocycles. The van der Waals surface area contributed by atoms with Crippen molar-refractivity contribution >= 4 is 0 Å². The van der Waals surface area contributed by atoms with Crippen LogP contribution in [0.1, 0.15) is 13.8 Å². The zero-order valence-electron chi connectivity index (χ0n) is 9.12. The monoisotopic (exact) mass is 205 g/mol. The number of rotatable bonds is 10. The SMILES string of the molecule is C[C](C)COCCOCCOCCO. The second-order valence-corrected chi connectivity index (χ2v) is 3.21. The summed E-state index contributed by atoms with van der Waals surface area (Å²) in [5.41, 5.74) is 0. The van der Waals surface area contributed by atoms with Crippen molar-refractivity contribution in [1.29, 1.82) is 0 Å². The number of aliphatic hydroxyl groups is 1. The van der Waals surface area contributed by atoms with Crippen molar-refractivity contribution < 1.29 is 19.3 Å². The van der Waals surface area contributed by atoms with Gasteiger partial charge in [-0.15, -0.1) is 0 Å². The molecule has 0 saturated heterocycles. The molecule has 0 aromatic heterocycles. The highest BCUT2D eigenvalue weighted by atomic mass is 16.5. The lowest BCUT2D eigenvalue weighted by atomic mass is 10.2. The fourth-order valence-electron chi connectivity index (χ4n) is 0.781. The molecule has 1 radical (unpaired) electrons. The van der Waals surface area contributed by atoms with Crippen LogP contribution < -0.4 is 0 Å². The van der Waals surface area contributed by atoms with Gasteiger partial charge in [0, 0.05) is 0 Å². The summed E-state index contributed by atoms with van der Waals surface area (Å²) in [5, 5.41) is 8.40. The van der Waals surface area contributed by atoms with Crippen molar-refractivity contribution in [3.05, 3.63) is 5.92 Å². The molecule has 0 heterocycles. The maximum absolute atomic E-state index is 8.40. The normalized spacial score (nSPS) is 11.1. The summed E-state index contributed by atoms with van der Waals surface area (Å²) >= 11 is 0. The maximum atomic E-state index is 8.40. The third-order valence-electron chi connectivity index (χ3n) is 1.37. The van der Waals surface area contributed by atoms with E-state index in [0.717, 1.165) is 0 Å². The predicted octanol–water partition coefficient (Wildman–Crippen LogP) is 0.643. The van der Waals surface area contributed by atoms with Crippen molar-refractivity contribution in [1.82, 2.24) is 0 Å². The molecule has 4 heteroatoms. The molecule has 0 amide bonds. The van der Waals surface area contributed by atoms with Crippen molar-refractivity contribution in [2.45, 2.75) is 13.8 Å². The van der Waals surface area contributed by atoms with E-state index in [9.17, 15) is 0 Å². The Morgan fingerprint density at radius 1 is 0.857 bits per heavy atom. The lowest BCUT2D eigenvalue weighted by molar-refractivity contribution is 0.00943. The Morgan fingerprint density at radius 3 is 1.86 bits per heavy atom. The molecule has 0 atom stereocenters. The number of ether oxygens (including phenoxy) is 3. The van der Waals surface area contributed by atoms with Crippen LogP contribution in [0.5, 0.6) is 0 Å². The van der Waals surface area contributed by atoms with Crippen LogP contribution in [0.3, 0.4) is 0 Å². The standard InChI is InChI=1S/C10H21O4/c1-10(2)9-14-8-7-13-6-5-12-4-3-11/h11H,3-9H2,1-2H3. The Balaban J connectivity index is 2.85. The number of hydrogen-bond donors (Lipinski definition) is 1. The molecule has 14 heavy (non-hydrogen) atoms. The van der Waals surface area contributed by atoms with Crippen molar-refractivity contribution in [3.8, 4) is 0 Å². The van der Waals surface area contributed by atoms with E-state index in [1.54, 1.807) is 0 Å².